The minimum atomic E-state index is -0.120. The Hall–Kier alpha value is -2.50. The van der Waals surface area contributed by atoms with E-state index in [4.69, 9.17) is 9.47 Å². The molecule has 6 nitrogen and oxygen atoms in total. The highest BCUT2D eigenvalue weighted by molar-refractivity contribution is 5.94. The van der Waals surface area contributed by atoms with Crippen LogP contribution >= 0.6 is 0 Å². The predicted octanol–water partition coefficient (Wildman–Crippen LogP) is 1.47. The van der Waals surface area contributed by atoms with Crippen LogP contribution in [0.3, 0.4) is 0 Å². The van der Waals surface area contributed by atoms with Crippen molar-refractivity contribution in [1.29, 1.82) is 0 Å². The van der Waals surface area contributed by atoms with Gasteiger partial charge in [0.2, 0.25) is 0 Å². The topological polar surface area (TPSA) is 65.4 Å². The molecule has 0 saturated heterocycles. The Labute approximate surface area is 122 Å². The highest BCUT2D eigenvalue weighted by atomic mass is 16.5. The first kappa shape index (κ1) is 13.5. The van der Waals surface area contributed by atoms with Crippen LogP contribution in [-0.4, -0.2) is 35.2 Å². The number of carbonyl (C=O) groups excluding carboxylic acids is 1. The summed E-state index contributed by atoms with van der Waals surface area (Å²) in [7, 11) is 0. The van der Waals surface area contributed by atoms with Gasteiger partial charge >= 0.3 is 0 Å². The maximum Gasteiger partial charge on any atom is 0.251 e. The number of hydrogen-bond donors (Lipinski definition) is 1. The van der Waals surface area contributed by atoms with Crippen molar-refractivity contribution in [3.8, 4) is 11.5 Å². The summed E-state index contributed by atoms with van der Waals surface area (Å²) >= 11 is 0. The zero-order valence-electron chi connectivity index (χ0n) is 11.6. The van der Waals surface area contributed by atoms with Crippen molar-refractivity contribution in [3.05, 3.63) is 42.5 Å². The number of imidazole rings is 1. The van der Waals surface area contributed by atoms with Crippen molar-refractivity contribution in [2.45, 2.75) is 13.0 Å². The SMILES string of the molecule is O=C(NCCn1ccnc1)c1ccc2c(c1)OCCCO2. The molecule has 1 amide bonds. The smallest absolute Gasteiger partial charge is 0.251 e. The van der Waals surface area contributed by atoms with Crippen molar-refractivity contribution in [2.75, 3.05) is 19.8 Å². The third-order valence-corrected chi connectivity index (χ3v) is 3.22. The van der Waals surface area contributed by atoms with Crippen molar-refractivity contribution in [3.63, 3.8) is 0 Å². The van der Waals surface area contributed by atoms with Crippen molar-refractivity contribution in [2.24, 2.45) is 0 Å². The van der Waals surface area contributed by atoms with E-state index < -0.39 is 0 Å². The minimum absolute atomic E-state index is 0.120. The first-order valence-corrected chi connectivity index (χ1v) is 6.96. The Morgan fingerprint density at radius 2 is 2.14 bits per heavy atom. The van der Waals surface area contributed by atoms with Gasteiger partial charge in [0.25, 0.3) is 5.91 Å². The van der Waals surface area contributed by atoms with Gasteiger partial charge in [0.1, 0.15) is 0 Å². The number of aromatic nitrogens is 2. The molecule has 21 heavy (non-hydrogen) atoms. The molecule has 1 aliphatic rings. The monoisotopic (exact) mass is 287 g/mol. The zero-order chi connectivity index (χ0) is 14.5. The average Bonchev–Trinajstić information content (AvgIpc) is 2.90. The summed E-state index contributed by atoms with van der Waals surface area (Å²) in [4.78, 5) is 16.1. The first-order chi connectivity index (χ1) is 10.3. The first-order valence-electron chi connectivity index (χ1n) is 6.96. The Kier molecular flexibility index (Phi) is 4.04. The highest BCUT2D eigenvalue weighted by Crippen LogP contribution is 2.30. The van der Waals surface area contributed by atoms with Crippen LogP contribution < -0.4 is 14.8 Å². The second kappa shape index (κ2) is 6.30. The van der Waals surface area contributed by atoms with Crippen LogP contribution in [0.5, 0.6) is 11.5 Å². The summed E-state index contributed by atoms with van der Waals surface area (Å²) in [5, 5.41) is 2.88. The molecule has 0 atom stereocenters. The van der Waals surface area contributed by atoms with E-state index in [1.54, 1.807) is 30.7 Å². The van der Waals surface area contributed by atoms with E-state index in [9.17, 15) is 4.79 Å². The third-order valence-electron chi connectivity index (χ3n) is 3.22. The lowest BCUT2D eigenvalue weighted by atomic mass is 10.2. The van der Waals surface area contributed by atoms with Gasteiger partial charge in [0.05, 0.1) is 19.5 Å². The van der Waals surface area contributed by atoms with Crippen LogP contribution in [0, 0.1) is 0 Å². The van der Waals surface area contributed by atoms with Crippen LogP contribution in [0.25, 0.3) is 0 Å². The standard InChI is InChI=1S/C15H17N3O3/c19-15(17-5-7-18-6-4-16-11-18)12-2-3-13-14(10-12)21-9-1-8-20-13/h2-4,6,10-11H,1,5,7-9H2,(H,17,19). The van der Waals surface area contributed by atoms with Gasteiger partial charge in [-0.15, -0.1) is 0 Å². The number of nitrogens with zero attached hydrogens (tertiary/aromatic N) is 2. The van der Waals surface area contributed by atoms with E-state index in [1.807, 2.05) is 10.8 Å². The number of fused-ring (bicyclic) bond motifs is 1. The maximum atomic E-state index is 12.1. The van der Waals surface area contributed by atoms with Crippen molar-refractivity contribution >= 4 is 5.91 Å². The summed E-state index contributed by atoms with van der Waals surface area (Å²) in [5.41, 5.74) is 0.574. The third kappa shape index (κ3) is 3.34. The molecule has 2 aromatic rings. The number of rotatable bonds is 4. The second-order valence-electron chi connectivity index (χ2n) is 4.77. The fourth-order valence-corrected chi connectivity index (χ4v) is 2.12. The number of ether oxygens (including phenoxy) is 2. The van der Waals surface area contributed by atoms with Crippen molar-refractivity contribution in [1.82, 2.24) is 14.9 Å². The molecule has 0 aliphatic carbocycles. The van der Waals surface area contributed by atoms with Crippen molar-refractivity contribution < 1.29 is 14.3 Å². The van der Waals surface area contributed by atoms with Gasteiger partial charge in [-0.05, 0) is 18.2 Å². The van der Waals surface area contributed by atoms with E-state index >= 15 is 0 Å². The van der Waals surface area contributed by atoms with Gasteiger partial charge in [0.15, 0.2) is 11.5 Å². The molecule has 6 heteroatoms. The van der Waals surface area contributed by atoms with Gasteiger partial charge in [-0.3, -0.25) is 4.79 Å². The molecule has 2 heterocycles. The molecule has 1 aromatic heterocycles. The number of nitrogens with one attached hydrogen (secondary N) is 1. The lowest BCUT2D eigenvalue weighted by Gasteiger charge is -2.10. The van der Waals surface area contributed by atoms with Crippen LogP contribution in [0.2, 0.25) is 0 Å². The predicted molar refractivity (Wildman–Crippen MR) is 76.6 cm³/mol. The molecule has 0 unspecified atom stereocenters. The summed E-state index contributed by atoms with van der Waals surface area (Å²) < 4.78 is 13.0. The number of hydrogen-bond acceptors (Lipinski definition) is 4. The largest absolute Gasteiger partial charge is 0.490 e. The summed E-state index contributed by atoms with van der Waals surface area (Å²) in [6.07, 6.45) is 6.15. The lowest BCUT2D eigenvalue weighted by molar-refractivity contribution is 0.0952. The van der Waals surface area contributed by atoms with E-state index in [0.717, 1.165) is 6.42 Å². The lowest BCUT2D eigenvalue weighted by Crippen LogP contribution is -2.27. The van der Waals surface area contributed by atoms with Gasteiger partial charge in [-0.25, -0.2) is 4.98 Å². The molecular formula is C15H17N3O3. The molecular weight excluding hydrogens is 270 g/mol. The Bertz CT molecular complexity index is 611. The Morgan fingerprint density at radius 3 is 2.95 bits per heavy atom. The van der Waals surface area contributed by atoms with E-state index in [1.165, 1.54) is 0 Å². The molecule has 1 aliphatic heterocycles. The normalized spacial score (nSPS) is 13.5. The fraction of sp³-hybridized carbons (Fsp3) is 0.333. The van der Waals surface area contributed by atoms with E-state index in [2.05, 4.69) is 10.3 Å². The van der Waals surface area contributed by atoms with Crippen LogP contribution in [0.15, 0.2) is 36.9 Å². The Balaban J connectivity index is 1.60. The Morgan fingerprint density at radius 1 is 1.29 bits per heavy atom. The summed E-state index contributed by atoms with van der Waals surface area (Å²) in [5.74, 6) is 1.21. The number of carbonyl (C=O) groups is 1. The van der Waals surface area contributed by atoms with Gasteiger partial charge < -0.3 is 19.4 Å². The molecule has 0 radical (unpaired) electrons. The number of benzene rings is 1. The van der Waals surface area contributed by atoms with Gasteiger partial charge in [0, 0.05) is 37.5 Å². The van der Waals surface area contributed by atoms with Crippen LogP contribution in [-0.2, 0) is 6.54 Å². The van der Waals surface area contributed by atoms with Crippen LogP contribution in [0.4, 0.5) is 0 Å². The highest BCUT2D eigenvalue weighted by Gasteiger charge is 2.13. The summed E-state index contributed by atoms with van der Waals surface area (Å²) in [6, 6.07) is 5.26. The maximum absolute atomic E-state index is 12.1. The van der Waals surface area contributed by atoms with E-state index in [0.29, 0.717) is 43.4 Å². The molecule has 110 valence electrons. The minimum Gasteiger partial charge on any atom is -0.490 e. The summed E-state index contributed by atoms with van der Waals surface area (Å²) in [6.45, 7) is 2.49. The molecule has 3 rings (SSSR count). The molecule has 0 bridgehead atoms. The van der Waals surface area contributed by atoms with Gasteiger partial charge in [-0.2, -0.15) is 0 Å². The number of amides is 1. The van der Waals surface area contributed by atoms with Gasteiger partial charge in [-0.1, -0.05) is 0 Å². The molecule has 0 fully saturated rings. The molecule has 1 N–H and O–H groups in total. The quantitative estimate of drug-likeness (QED) is 0.925. The molecule has 0 saturated carbocycles. The second-order valence-corrected chi connectivity index (χ2v) is 4.77. The van der Waals surface area contributed by atoms with Crippen LogP contribution in [0.1, 0.15) is 16.8 Å². The zero-order valence-corrected chi connectivity index (χ0v) is 11.6. The van der Waals surface area contributed by atoms with E-state index in [-0.39, 0.29) is 5.91 Å². The molecule has 1 aromatic carbocycles. The molecule has 0 spiro atoms. The fourth-order valence-electron chi connectivity index (χ4n) is 2.12. The average molecular weight is 287 g/mol.